The van der Waals surface area contributed by atoms with Crippen molar-refractivity contribution in [3.8, 4) is 11.4 Å². The van der Waals surface area contributed by atoms with Gasteiger partial charge in [0.15, 0.2) is 5.82 Å². The van der Waals surface area contributed by atoms with E-state index in [1.807, 2.05) is 6.92 Å². The number of aryl methyl sites for hydroxylation is 1. The molecule has 0 fully saturated rings. The first-order valence-electron chi connectivity index (χ1n) is 7.78. The summed E-state index contributed by atoms with van der Waals surface area (Å²) in [5.74, 6) is 0.510. The summed E-state index contributed by atoms with van der Waals surface area (Å²) < 4.78 is 29.5. The second-order valence-electron chi connectivity index (χ2n) is 6.01. The molecule has 4 rings (SSSR count). The lowest BCUT2D eigenvalue weighted by Crippen LogP contribution is -2.35. The van der Waals surface area contributed by atoms with Gasteiger partial charge >= 0.3 is 0 Å². The van der Waals surface area contributed by atoms with Gasteiger partial charge in [-0.25, -0.2) is 13.1 Å². The molecule has 3 heterocycles. The number of nitrogens with zero attached hydrogens (tertiary/aromatic N) is 6. The molecule has 1 unspecified atom stereocenters. The van der Waals surface area contributed by atoms with E-state index < -0.39 is 10.0 Å². The van der Waals surface area contributed by atoms with Gasteiger partial charge in [-0.2, -0.15) is 0 Å². The van der Waals surface area contributed by atoms with E-state index in [1.165, 1.54) is 8.99 Å². The Balaban J connectivity index is 1.81. The molecule has 1 atom stereocenters. The van der Waals surface area contributed by atoms with E-state index in [0.717, 1.165) is 5.56 Å². The van der Waals surface area contributed by atoms with Gasteiger partial charge in [0, 0.05) is 31.0 Å². The summed E-state index contributed by atoms with van der Waals surface area (Å²) in [5.41, 5.74) is 2.27. The lowest BCUT2D eigenvalue weighted by Gasteiger charge is -2.24. The van der Waals surface area contributed by atoms with E-state index in [4.69, 9.17) is 0 Å². The second kappa shape index (κ2) is 5.62. The summed E-state index contributed by atoms with van der Waals surface area (Å²) in [4.78, 5) is 4.30. The standard InChI is InChI=1S/C16H16N6O2S/c1-11-8-13-10-17-7-6-15(13)22(11)25(23,24)14-5-3-4-12(9-14)16-18-19-20-21(16)2/h3-7,9-11H,8H2,1-2H3. The van der Waals surface area contributed by atoms with Crippen LogP contribution >= 0.6 is 0 Å². The number of fused-ring (bicyclic) bond motifs is 1. The normalized spacial score (nSPS) is 16.9. The van der Waals surface area contributed by atoms with Crippen LogP contribution in [0.25, 0.3) is 11.4 Å². The Morgan fingerprint density at radius 3 is 2.84 bits per heavy atom. The van der Waals surface area contributed by atoms with Crippen LogP contribution < -0.4 is 4.31 Å². The highest BCUT2D eigenvalue weighted by Crippen LogP contribution is 2.36. The van der Waals surface area contributed by atoms with Crippen LogP contribution in [0.2, 0.25) is 0 Å². The lowest BCUT2D eigenvalue weighted by atomic mass is 10.2. The summed E-state index contributed by atoms with van der Waals surface area (Å²) in [7, 11) is -1.99. The summed E-state index contributed by atoms with van der Waals surface area (Å²) in [5, 5.41) is 11.3. The molecule has 2 aromatic heterocycles. The number of rotatable bonds is 3. The molecule has 0 saturated heterocycles. The molecule has 9 heteroatoms. The van der Waals surface area contributed by atoms with Crippen LogP contribution in [0.3, 0.4) is 0 Å². The van der Waals surface area contributed by atoms with Crippen molar-refractivity contribution < 1.29 is 8.42 Å². The van der Waals surface area contributed by atoms with Crippen molar-refractivity contribution in [3.05, 3.63) is 48.3 Å². The SMILES string of the molecule is CC1Cc2cnccc2N1S(=O)(=O)c1cccc(-c2nnnn2C)c1. The molecule has 0 aliphatic carbocycles. The van der Waals surface area contributed by atoms with Gasteiger partial charge in [0.05, 0.1) is 10.6 Å². The predicted octanol–water partition coefficient (Wildman–Crippen LogP) is 1.41. The third-order valence-electron chi connectivity index (χ3n) is 4.30. The summed E-state index contributed by atoms with van der Waals surface area (Å²) in [6, 6.07) is 8.26. The number of anilines is 1. The molecule has 0 radical (unpaired) electrons. The molecule has 128 valence electrons. The molecule has 0 bridgehead atoms. The minimum atomic E-state index is -3.70. The maximum absolute atomic E-state index is 13.3. The van der Waals surface area contributed by atoms with E-state index in [0.29, 0.717) is 23.5 Å². The highest BCUT2D eigenvalue weighted by Gasteiger charge is 2.36. The fourth-order valence-corrected chi connectivity index (χ4v) is 4.92. The molecule has 25 heavy (non-hydrogen) atoms. The van der Waals surface area contributed by atoms with Crippen molar-refractivity contribution in [3.63, 3.8) is 0 Å². The van der Waals surface area contributed by atoms with Crippen molar-refractivity contribution in [2.45, 2.75) is 24.3 Å². The molecular formula is C16H16N6O2S. The highest BCUT2D eigenvalue weighted by atomic mass is 32.2. The van der Waals surface area contributed by atoms with Gasteiger partial charge in [-0.05, 0) is 47.5 Å². The van der Waals surface area contributed by atoms with E-state index in [1.54, 1.807) is 49.8 Å². The van der Waals surface area contributed by atoms with Gasteiger partial charge < -0.3 is 0 Å². The Kier molecular flexibility index (Phi) is 3.53. The number of tetrazole rings is 1. The first-order valence-corrected chi connectivity index (χ1v) is 9.22. The quantitative estimate of drug-likeness (QED) is 0.704. The van der Waals surface area contributed by atoms with Crippen molar-refractivity contribution in [1.82, 2.24) is 25.2 Å². The Hall–Kier alpha value is -2.81. The molecule has 0 N–H and O–H groups in total. The number of hydrogen-bond donors (Lipinski definition) is 0. The molecular weight excluding hydrogens is 340 g/mol. The number of pyridine rings is 1. The molecule has 0 amide bonds. The van der Waals surface area contributed by atoms with E-state index >= 15 is 0 Å². The molecule has 1 aromatic carbocycles. The van der Waals surface area contributed by atoms with Crippen LogP contribution in [0.4, 0.5) is 5.69 Å². The largest absolute Gasteiger partial charge is 0.264 e. The van der Waals surface area contributed by atoms with Crippen molar-refractivity contribution >= 4 is 15.7 Å². The van der Waals surface area contributed by atoms with Crippen molar-refractivity contribution in [2.24, 2.45) is 7.05 Å². The van der Waals surface area contributed by atoms with E-state index in [2.05, 4.69) is 20.5 Å². The molecule has 8 nitrogen and oxygen atoms in total. The Bertz CT molecular complexity index is 1050. The first-order chi connectivity index (χ1) is 12.0. The van der Waals surface area contributed by atoms with Gasteiger partial charge in [-0.15, -0.1) is 5.10 Å². The van der Waals surface area contributed by atoms with Gasteiger partial charge in [-0.1, -0.05) is 12.1 Å². The van der Waals surface area contributed by atoms with Gasteiger partial charge in [0.1, 0.15) is 0 Å². The number of aromatic nitrogens is 5. The van der Waals surface area contributed by atoms with Crippen LogP contribution in [0.15, 0.2) is 47.6 Å². The Morgan fingerprint density at radius 1 is 1.24 bits per heavy atom. The molecule has 1 aliphatic rings. The maximum Gasteiger partial charge on any atom is 0.264 e. The van der Waals surface area contributed by atoms with Crippen LogP contribution in [0.1, 0.15) is 12.5 Å². The van der Waals surface area contributed by atoms with Crippen LogP contribution in [0.5, 0.6) is 0 Å². The number of benzene rings is 1. The monoisotopic (exact) mass is 356 g/mol. The Morgan fingerprint density at radius 2 is 2.08 bits per heavy atom. The van der Waals surface area contributed by atoms with Crippen LogP contribution in [-0.4, -0.2) is 39.7 Å². The minimum Gasteiger partial charge on any atom is -0.264 e. The van der Waals surface area contributed by atoms with E-state index in [-0.39, 0.29) is 10.9 Å². The second-order valence-corrected chi connectivity index (χ2v) is 7.83. The smallest absolute Gasteiger partial charge is 0.264 e. The van der Waals surface area contributed by atoms with Crippen LogP contribution in [-0.2, 0) is 23.5 Å². The third-order valence-corrected chi connectivity index (χ3v) is 6.22. The summed E-state index contributed by atoms with van der Waals surface area (Å²) in [6.07, 6.45) is 3.99. The average Bonchev–Trinajstić information content (AvgIpc) is 3.17. The first kappa shape index (κ1) is 15.7. The zero-order valence-electron chi connectivity index (χ0n) is 13.7. The van der Waals surface area contributed by atoms with Gasteiger partial charge in [0.25, 0.3) is 10.0 Å². The van der Waals surface area contributed by atoms with Crippen LogP contribution in [0, 0.1) is 0 Å². The fraction of sp³-hybridized carbons (Fsp3) is 0.250. The van der Waals surface area contributed by atoms with Gasteiger partial charge in [-0.3, -0.25) is 9.29 Å². The highest BCUT2D eigenvalue weighted by molar-refractivity contribution is 7.92. The Labute approximate surface area is 145 Å². The number of hydrogen-bond acceptors (Lipinski definition) is 6. The zero-order chi connectivity index (χ0) is 17.6. The lowest BCUT2D eigenvalue weighted by molar-refractivity contribution is 0.584. The molecule has 0 spiro atoms. The zero-order valence-corrected chi connectivity index (χ0v) is 14.6. The minimum absolute atomic E-state index is 0.163. The number of sulfonamides is 1. The van der Waals surface area contributed by atoms with E-state index in [9.17, 15) is 8.42 Å². The van der Waals surface area contributed by atoms with Gasteiger partial charge in [0.2, 0.25) is 0 Å². The average molecular weight is 356 g/mol. The fourth-order valence-electron chi connectivity index (χ4n) is 3.18. The molecule has 0 saturated carbocycles. The predicted molar refractivity (Wildman–Crippen MR) is 91.3 cm³/mol. The van der Waals surface area contributed by atoms with Crippen molar-refractivity contribution in [2.75, 3.05) is 4.31 Å². The maximum atomic E-state index is 13.3. The topological polar surface area (TPSA) is 93.9 Å². The summed E-state index contributed by atoms with van der Waals surface area (Å²) in [6.45, 7) is 1.90. The third kappa shape index (κ3) is 2.47. The summed E-state index contributed by atoms with van der Waals surface area (Å²) >= 11 is 0. The molecule has 1 aliphatic heterocycles. The molecule has 3 aromatic rings. The van der Waals surface area contributed by atoms with Crippen molar-refractivity contribution in [1.29, 1.82) is 0 Å².